The summed E-state index contributed by atoms with van der Waals surface area (Å²) < 4.78 is 1.96. The summed E-state index contributed by atoms with van der Waals surface area (Å²) in [6.07, 6.45) is 1.20. The van der Waals surface area contributed by atoms with Gasteiger partial charge in [-0.1, -0.05) is 6.92 Å². The molecule has 1 heterocycles. The molecule has 1 fully saturated rings. The fourth-order valence-corrected chi connectivity index (χ4v) is 1.57. The number of tetrazole rings is 1. The van der Waals surface area contributed by atoms with E-state index in [1.165, 1.54) is 6.42 Å². The first kappa shape index (κ1) is 10.5. The number of hydrogen-bond donors (Lipinski definition) is 1. The van der Waals surface area contributed by atoms with Crippen molar-refractivity contribution in [3.63, 3.8) is 0 Å². The van der Waals surface area contributed by atoms with Crippen LogP contribution in [0.1, 0.15) is 46.0 Å². The highest BCUT2D eigenvalue weighted by Crippen LogP contribution is 2.42. The van der Waals surface area contributed by atoms with Crippen molar-refractivity contribution in [2.45, 2.75) is 52.2 Å². The van der Waals surface area contributed by atoms with Crippen molar-refractivity contribution < 1.29 is 0 Å². The lowest BCUT2D eigenvalue weighted by Crippen LogP contribution is -2.36. The summed E-state index contributed by atoms with van der Waals surface area (Å²) in [6.45, 7) is 9.38. The van der Waals surface area contributed by atoms with Crippen molar-refractivity contribution >= 4 is 0 Å². The SMILES string of the molecule is CC1CC1n1nnnc1CNC(C)(C)C. The van der Waals surface area contributed by atoms with Crippen LogP contribution in [0.4, 0.5) is 0 Å². The van der Waals surface area contributed by atoms with Gasteiger partial charge >= 0.3 is 0 Å². The first-order valence-corrected chi connectivity index (χ1v) is 5.49. The van der Waals surface area contributed by atoms with Gasteiger partial charge in [-0.05, 0) is 43.5 Å². The lowest BCUT2D eigenvalue weighted by atomic mass is 10.1. The van der Waals surface area contributed by atoms with E-state index in [0.717, 1.165) is 18.3 Å². The maximum atomic E-state index is 4.05. The van der Waals surface area contributed by atoms with Crippen LogP contribution in [0.2, 0.25) is 0 Å². The van der Waals surface area contributed by atoms with E-state index >= 15 is 0 Å². The Bertz CT molecular complexity index is 338. The zero-order valence-corrected chi connectivity index (χ0v) is 9.86. The van der Waals surface area contributed by atoms with Gasteiger partial charge in [0.25, 0.3) is 0 Å². The Kier molecular flexibility index (Phi) is 2.50. The molecule has 0 bridgehead atoms. The average Bonchev–Trinajstić information content (AvgIpc) is 2.67. The summed E-state index contributed by atoms with van der Waals surface area (Å²) in [7, 11) is 0. The summed E-state index contributed by atoms with van der Waals surface area (Å²) in [5.74, 6) is 1.67. The van der Waals surface area contributed by atoms with E-state index < -0.39 is 0 Å². The minimum Gasteiger partial charge on any atom is -0.305 e. The molecular formula is C10H19N5. The van der Waals surface area contributed by atoms with Crippen LogP contribution in [-0.4, -0.2) is 25.7 Å². The van der Waals surface area contributed by atoms with Gasteiger partial charge in [-0.2, -0.15) is 0 Å². The zero-order valence-electron chi connectivity index (χ0n) is 9.86. The van der Waals surface area contributed by atoms with E-state index in [0.29, 0.717) is 6.04 Å². The molecule has 5 heteroatoms. The highest BCUT2D eigenvalue weighted by Gasteiger charge is 2.37. The molecule has 1 aromatic rings. The second kappa shape index (κ2) is 3.56. The molecule has 1 saturated carbocycles. The Hall–Kier alpha value is -0.970. The summed E-state index contributed by atoms with van der Waals surface area (Å²) in [5.41, 5.74) is 0.103. The van der Waals surface area contributed by atoms with E-state index in [2.05, 4.69) is 48.5 Å². The third-order valence-electron chi connectivity index (χ3n) is 2.72. The number of nitrogens with one attached hydrogen (secondary N) is 1. The van der Waals surface area contributed by atoms with Crippen LogP contribution < -0.4 is 5.32 Å². The monoisotopic (exact) mass is 209 g/mol. The molecule has 0 aliphatic heterocycles. The van der Waals surface area contributed by atoms with Crippen LogP contribution in [0, 0.1) is 5.92 Å². The van der Waals surface area contributed by atoms with Gasteiger partial charge in [-0.25, -0.2) is 4.68 Å². The molecule has 0 amide bonds. The van der Waals surface area contributed by atoms with Gasteiger partial charge in [-0.15, -0.1) is 5.10 Å². The van der Waals surface area contributed by atoms with Crippen molar-refractivity contribution in [2.75, 3.05) is 0 Å². The maximum Gasteiger partial charge on any atom is 0.165 e. The van der Waals surface area contributed by atoms with E-state index in [4.69, 9.17) is 0 Å². The molecular weight excluding hydrogens is 190 g/mol. The average molecular weight is 209 g/mol. The lowest BCUT2D eigenvalue weighted by molar-refractivity contribution is 0.406. The van der Waals surface area contributed by atoms with E-state index in [1.54, 1.807) is 0 Å². The highest BCUT2D eigenvalue weighted by atomic mass is 15.6. The summed E-state index contributed by atoms with van der Waals surface area (Å²) in [4.78, 5) is 0. The van der Waals surface area contributed by atoms with Gasteiger partial charge in [0.2, 0.25) is 0 Å². The van der Waals surface area contributed by atoms with Gasteiger partial charge in [0.15, 0.2) is 5.82 Å². The summed E-state index contributed by atoms with van der Waals surface area (Å²) in [5, 5.41) is 15.2. The van der Waals surface area contributed by atoms with E-state index in [-0.39, 0.29) is 5.54 Å². The minimum absolute atomic E-state index is 0.103. The van der Waals surface area contributed by atoms with Gasteiger partial charge in [0.1, 0.15) is 0 Å². The molecule has 15 heavy (non-hydrogen) atoms. The second-order valence-electron chi connectivity index (χ2n) is 5.42. The van der Waals surface area contributed by atoms with Crippen LogP contribution in [0.15, 0.2) is 0 Å². The molecule has 0 spiro atoms. The number of rotatable bonds is 3. The predicted molar refractivity (Wildman–Crippen MR) is 57.2 cm³/mol. The van der Waals surface area contributed by atoms with Crippen molar-refractivity contribution in [2.24, 2.45) is 5.92 Å². The van der Waals surface area contributed by atoms with Crippen LogP contribution in [0.5, 0.6) is 0 Å². The fraction of sp³-hybridized carbons (Fsp3) is 0.900. The molecule has 0 radical (unpaired) electrons. The molecule has 1 N–H and O–H groups in total. The molecule has 1 aromatic heterocycles. The van der Waals surface area contributed by atoms with Crippen LogP contribution in [0.3, 0.4) is 0 Å². The molecule has 0 aromatic carbocycles. The lowest BCUT2D eigenvalue weighted by Gasteiger charge is -2.19. The Morgan fingerprint density at radius 3 is 2.67 bits per heavy atom. The summed E-state index contributed by atoms with van der Waals surface area (Å²) in [6, 6.07) is 0.525. The summed E-state index contributed by atoms with van der Waals surface area (Å²) >= 11 is 0. The molecule has 2 unspecified atom stereocenters. The number of aromatic nitrogens is 4. The molecule has 2 rings (SSSR count). The van der Waals surface area contributed by atoms with Crippen LogP contribution in [0.25, 0.3) is 0 Å². The van der Waals surface area contributed by atoms with Crippen LogP contribution in [-0.2, 0) is 6.54 Å². The quantitative estimate of drug-likeness (QED) is 0.811. The fourth-order valence-electron chi connectivity index (χ4n) is 1.57. The van der Waals surface area contributed by atoms with E-state index in [9.17, 15) is 0 Å². The van der Waals surface area contributed by atoms with Crippen LogP contribution >= 0.6 is 0 Å². The molecule has 1 aliphatic carbocycles. The minimum atomic E-state index is 0.103. The van der Waals surface area contributed by atoms with Crippen molar-refractivity contribution in [1.29, 1.82) is 0 Å². The smallest absolute Gasteiger partial charge is 0.165 e. The molecule has 1 aliphatic rings. The Balaban J connectivity index is 2.00. The maximum absolute atomic E-state index is 4.05. The Labute approximate surface area is 90.2 Å². The van der Waals surface area contributed by atoms with Gasteiger partial charge in [0, 0.05) is 5.54 Å². The molecule has 5 nitrogen and oxygen atoms in total. The highest BCUT2D eigenvalue weighted by molar-refractivity contribution is 4.94. The molecule has 84 valence electrons. The van der Waals surface area contributed by atoms with Crippen molar-refractivity contribution in [3.8, 4) is 0 Å². The first-order chi connectivity index (χ1) is 6.97. The molecule has 0 saturated heterocycles. The van der Waals surface area contributed by atoms with Crippen molar-refractivity contribution in [3.05, 3.63) is 5.82 Å². The van der Waals surface area contributed by atoms with Gasteiger partial charge in [-0.3, -0.25) is 0 Å². The third kappa shape index (κ3) is 2.53. The Morgan fingerprint density at radius 2 is 2.13 bits per heavy atom. The standard InChI is InChI=1S/C10H19N5/c1-7-5-8(7)15-9(12-13-14-15)6-11-10(2,3)4/h7-8,11H,5-6H2,1-4H3. The second-order valence-corrected chi connectivity index (χ2v) is 5.42. The van der Waals surface area contributed by atoms with Gasteiger partial charge < -0.3 is 5.32 Å². The largest absolute Gasteiger partial charge is 0.305 e. The first-order valence-electron chi connectivity index (χ1n) is 5.49. The van der Waals surface area contributed by atoms with E-state index in [1.807, 2.05) is 4.68 Å². The zero-order chi connectivity index (χ0) is 11.1. The normalized spacial score (nSPS) is 25.6. The van der Waals surface area contributed by atoms with Crippen molar-refractivity contribution in [1.82, 2.24) is 25.5 Å². The predicted octanol–water partition coefficient (Wildman–Crippen LogP) is 1.14. The number of hydrogen-bond acceptors (Lipinski definition) is 4. The Morgan fingerprint density at radius 1 is 1.47 bits per heavy atom. The number of nitrogens with zero attached hydrogens (tertiary/aromatic N) is 4. The topological polar surface area (TPSA) is 55.6 Å². The molecule has 2 atom stereocenters. The third-order valence-corrected chi connectivity index (χ3v) is 2.72. The van der Waals surface area contributed by atoms with Gasteiger partial charge in [0.05, 0.1) is 12.6 Å².